The van der Waals surface area contributed by atoms with Crippen LogP contribution in [0.5, 0.6) is 0 Å². The first-order valence-corrected chi connectivity index (χ1v) is 6.17. The molecule has 0 unspecified atom stereocenters. The third kappa shape index (κ3) is 5.75. The molecular formula is C11H18ClN3O. The number of imidazole rings is 1. The highest BCUT2D eigenvalue weighted by atomic mass is 35.5. The standard InChI is InChI=1S/C11H18ClN3O/c12-6-2-1-5-11(16)15-7-3-4-10-13-8-9-14-10/h8-9H,1-7H2,(H,13,14)(H,15,16). The smallest absolute Gasteiger partial charge is 0.219 e. The van der Waals surface area contributed by atoms with E-state index in [2.05, 4.69) is 15.3 Å². The maximum Gasteiger partial charge on any atom is 0.219 e. The number of carbonyl (C=O) groups excluding carboxylic acids is 1. The van der Waals surface area contributed by atoms with Crippen molar-refractivity contribution in [3.05, 3.63) is 18.2 Å². The van der Waals surface area contributed by atoms with Crippen LogP contribution in [0.1, 0.15) is 31.5 Å². The Morgan fingerprint density at radius 1 is 1.44 bits per heavy atom. The molecule has 1 heterocycles. The number of nitrogens with one attached hydrogen (secondary N) is 2. The molecule has 1 amide bonds. The van der Waals surface area contributed by atoms with Gasteiger partial charge in [0.05, 0.1) is 0 Å². The molecule has 0 radical (unpaired) electrons. The van der Waals surface area contributed by atoms with Crippen LogP contribution in [0.3, 0.4) is 0 Å². The summed E-state index contributed by atoms with van der Waals surface area (Å²) in [7, 11) is 0. The van der Waals surface area contributed by atoms with Crippen LogP contribution in [0.4, 0.5) is 0 Å². The first kappa shape index (κ1) is 13.0. The summed E-state index contributed by atoms with van der Waals surface area (Å²) >= 11 is 5.53. The van der Waals surface area contributed by atoms with E-state index in [1.807, 2.05) is 0 Å². The second-order valence-electron chi connectivity index (χ2n) is 3.64. The molecule has 0 saturated heterocycles. The fourth-order valence-electron chi connectivity index (χ4n) is 1.39. The predicted octanol–water partition coefficient (Wildman–Crippen LogP) is 1.87. The zero-order chi connectivity index (χ0) is 11.6. The van der Waals surface area contributed by atoms with Crippen molar-refractivity contribution in [1.29, 1.82) is 0 Å². The van der Waals surface area contributed by atoms with Crippen molar-refractivity contribution in [3.63, 3.8) is 0 Å². The molecule has 1 aromatic rings. The Balaban J connectivity index is 1.96. The number of carbonyl (C=O) groups is 1. The van der Waals surface area contributed by atoms with Crippen LogP contribution in [-0.4, -0.2) is 28.3 Å². The molecule has 4 nitrogen and oxygen atoms in total. The van der Waals surface area contributed by atoms with Crippen molar-refractivity contribution in [2.45, 2.75) is 32.1 Å². The maximum absolute atomic E-state index is 11.3. The number of alkyl halides is 1. The molecule has 0 aromatic carbocycles. The SMILES string of the molecule is O=C(CCCCCl)NCCCc1ncc[nH]1. The van der Waals surface area contributed by atoms with Gasteiger partial charge in [0, 0.05) is 37.7 Å². The molecule has 16 heavy (non-hydrogen) atoms. The normalized spacial score (nSPS) is 10.3. The number of aromatic amines is 1. The zero-order valence-corrected chi connectivity index (χ0v) is 10.1. The first-order valence-electron chi connectivity index (χ1n) is 5.64. The van der Waals surface area contributed by atoms with Crippen LogP contribution < -0.4 is 5.32 Å². The number of hydrogen-bond acceptors (Lipinski definition) is 2. The number of amides is 1. The number of rotatable bonds is 8. The van der Waals surface area contributed by atoms with Crippen molar-refractivity contribution in [2.75, 3.05) is 12.4 Å². The molecule has 0 aliphatic carbocycles. The highest BCUT2D eigenvalue weighted by Crippen LogP contribution is 1.97. The fourth-order valence-corrected chi connectivity index (χ4v) is 1.58. The van der Waals surface area contributed by atoms with Crippen LogP contribution in [0.2, 0.25) is 0 Å². The Morgan fingerprint density at radius 2 is 2.31 bits per heavy atom. The van der Waals surface area contributed by atoms with Crippen molar-refractivity contribution in [3.8, 4) is 0 Å². The van der Waals surface area contributed by atoms with E-state index in [4.69, 9.17) is 11.6 Å². The third-order valence-corrected chi connectivity index (χ3v) is 2.52. The molecule has 0 spiro atoms. The second kappa shape index (κ2) is 8.16. The average molecular weight is 244 g/mol. The number of halogens is 1. The lowest BCUT2D eigenvalue weighted by Gasteiger charge is -2.03. The number of nitrogens with zero attached hydrogens (tertiary/aromatic N) is 1. The summed E-state index contributed by atoms with van der Waals surface area (Å²) in [5.74, 6) is 1.71. The number of hydrogen-bond donors (Lipinski definition) is 2. The largest absolute Gasteiger partial charge is 0.356 e. The summed E-state index contributed by atoms with van der Waals surface area (Å²) in [6.45, 7) is 0.709. The van der Waals surface area contributed by atoms with E-state index in [-0.39, 0.29) is 5.91 Å². The molecule has 0 atom stereocenters. The molecule has 0 fully saturated rings. The second-order valence-corrected chi connectivity index (χ2v) is 4.01. The van der Waals surface area contributed by atoms with Gasteiger partial charge in [-0.25, -0.2) is 4.98 Å². The molecular weight excluding hydrogens is 226 g/mol. The number of unbranched alkanes of at least 4 members (excludes halogenated alkanes) is 1. The molecule has 0 saturated carbocycles. The van der Waals surface area contributed by atoms with E-state index in [0.29, 0.717) is 18.8 Å². The Bertz CT molecular complexity index is 287. The third-order valence-electron chi connectivity index (χ3n) is 2.25. The zero-order valence-electron chi connectivity index (χ0n) is 9.34. The van der Waals surface area contributed by atoms with Gasteiger partial charge in [0.15, 0.2) is 0 Å². The Labute approximate surface area is 101 Å². The monoisotopic (exact) mass is 243 g/mol. The van der Waals surface area contributed by atoms with E-state index in [0.717, 1.165) is 31.5 Å². The van der Waals surface area contributed by atoms with Crippen LogP contribution in [-0.2, 0) is 11.2 Å². The molecule has 0 aliphatic rings. The Hall–Kier alpha value is -1.03. The molecule has 1 aromatic heterocycles. The number of aromatic nitrogens is 2. The van der Waals surface area contributed by atoms with E-state index >= 15 is 0 Å². The molecule has 0 aliphatic heterocycles. The van der Waals surface area contributed by atoms with Gasteiger partial charge in [-0.1, -0.05) is 0 Å². The lowest BCUT2D eigenvalue weighted by Crippen LogP contribution is -2.24. The van der Waals surface area contributed by atoms with Crippen molar-refractivity contribution < 1.29 is 4.79 Å². The van der Waals surface area contributed by atoms with Gasteiger partial charge < -0.3 is 10.3 Å². The predicted molar refractivity (Wildman–Crippen MR) is 64.5 cm³/mol. The molecule has 1 rings (SSSR count). The van der Waals surface area contributed by atoms with Gasteiger partial charge in [0.25, 0.3) is 0 Å². The highest BCUT2D eigenvalue weighted by molar-refractivity contribution is 6.17. The fraction of sp³-hybridized carbons (Fsp3) is 0.636. The van der Waals surface area contributed by atoms with E-state index in [1.165, 1.54) is 0 Å². The minimum Gasteiger partial charge on any atom is -0.356 e. The molecule has 0 bridgehead atoms. The minimum absolute atomic E-state index is 0.115. The van der Waals surface area contributed by atoms with Gasteiger partial charge >= 0.3 is 0 Å². The van der Waals surface area contributed by atoms with Crippen LogP contribution in [0.15, 0.2) is 12.4 Å². The maximum atomic E-state index is 11.3. The summed E-state index contributed by atoms with van der Waals surface area (Å²) in [5, 5.41) is 2.88. The van der Waals surface area contributed by atoms with E-state index in [1.54, 1.807) is 12.4 Å². The molecule has 5 heteroatoms. The van der Waals surface area contributed by atoms with Gasteiger partial charge in [-0.15, -0.1) is 11.6 Å². The van der Waals surface area contributed by atoms with E-state index in [9.17, 15) is 4.79 Å². The van der Waals surface area contributed by atoms with E-state index < -0.39 is 0 Å². The summed E-state index contributed by atoms with van der Waals surface area (Å²) in [6.07, 6.45) is 7.67. The number of H-pyrrole nitrogens is 1. The molecule has 2 N–H and O–H groups in total. The highest BCUT2D eigenvalue weighted by Gasteiger charge is 2.00. The number of aryl methyl sites for hydroxylation is 1. The Morgan fingerprint density at radius 3 is 3.00 bits per heavy atom. The van der Waals surface area contributed by atoms with Gasteiger partial charge in [-0.3, -0.25) is 4.79 Å². The Kier molecular flexibility index (Phi) is 6.65. The van der Waals surface area contributed by atoms with Gasteiger partial charge in [0.2, 0.25) is 5.91 Å². The van der Waals surface area contributed by atoms with Crippen LogP contribution in [0.25, 0.3) is 0 Å². The van der Waals surface area contributed by atoms with Crippen molar-refractivity contribution in [2.24, 2.45) is 0 Å². The van der Waals surface area contributed by atoms with Gasteiger partial charge in [-0.05, 0) is 19.3 Å². The lowest BCUT2D eigenvalue weighted by molar-refractivity contribution is -0.121. The van der Waals surface area contributed by atoms with Crippen LogP contribution in [0, 0.1) is 0 Å². The summed E-state index contributed by atoms with van der Waals surface area (Å²) in [4.78, 5) is 18.4. The topological polar surface area (TPSA) is 57.8 Å². The minimum atomic E-state index is 0.115. The summed E-state index contributed by atoms with van der Waals surface area (Å²) < 4.78 is 0. The van der Waals surface area contributed by atoms with Gasteiger partial charge in [-0.2, -0.15) is 0 Å². The van der Waals surface area contributed by atoms with Crippen molar-refractivity contribution in [1.82, 2.24) is 15.3 Å². The molecule has 90 valence electrons. The summed E-state index contributed by atoms with van der Waals surface area (Å²) in [5.41, 5.74) is 0. The van der Waals surface area contributed by atoms with Crippen molar-refractivity contribution >= 4 is 17.5 Å². The summed E-state index contributed by atoms with van der Waals surface area (Å²) in [6, 6.07) is 0. The quantitative estimate of drug-likeness (QED) is 0.541. The van der Waals surface area contributed by atoms with Gasteiger partial charge in [0.1, 0.15) is 5.82 Å². The average Bonchev–Trinajstić information content (AvgIpc) is 2.78. The lowest BCUT2D eigenvalue weighted by atomic mass is 10.2. The van der Waals surface area contributed by atoms with Crippen LogP contribution >= 0.6 is 11.6 Å². The first-order chi connectivity index (χ1) is 7.83.